The van der Waals surface area contributed by atoms with Gasteiger partial charge in [0.25, 0.3) is 0 Å². The molecule has 6 heteroatoms. The fraction of sp³-hybridized carbons (Fsp3) is 0.840. The van der Waals surface area contributed by atoms with Gasteiger partial charge in [0.2, 0.25) is 5.91 Å². The standard InChI is InChI=1S/C25H42N2O4/c1-18(19(2)25(3,4)17-26-10-12-31-13-11-26)23(28)27-15-21(14-22(16-27)24(29)30)20-8-6-5-7-9-20/h19-22H,1,5-17H2,2-4H3,(H,29,30). The van der Waals surface area contributed by atoms with Crippen molar-refractivity contribution in [2.24, 2.45) is 29.1 Å². The second kappa shape index (κ2) is 10.5. The first-order valence-electron chi connectivity index (χ1n) is 12.2. The molecule has 0 aromatic heterocycles. The fourth-order valence-electron chi connectivity index (χ4n) is 5.76. The summed E-state index contributed by atoms with van der Waals surface area (Å²) in [4.78, 5) is 29.5. The Kier molecular flexibility index (Phi) is 8.19. The molecule has 3 atom stereocenters. The molecule has 2 aliphatic heterocycles. The van der Waals surface area contributed by atoms with E-state index < -0.39 is 11.9 Å². The minimum Gasteiger partial charge on any atom is -0.481 e. The molecule has 1 amide bonds. The predicted molar refractivity (Wildman–Crippen MR) is 122 cm³/mol. The molecule has 1 saturated carbocycles. The summed E-state index contributed by atoms with van der Waals surface area (Å²) in [6.07, 6.45) is 6.78. The monoisotopic (exact) mass is 434 g/mol. The number of morpholine rings is 1. The summed E-state index contributed by atoms with van der Waals surface area (Å²) >= 11 is 0. The minimum atomic E-state index is -0.774. The van der Waals surface area contributed by atoms with Gasteiger partial charge in [-0.25, -0.2) is 0 Å². The first kappa shape index (κ1) is 24.2. The molecular weight excluding hydrogens is 392 g/mol. The molecule has 0 radical (unpaired) electrons. The highest BCUT2D eigenvalue weighted by Gasteiger charge is 2.40. The normalized spacial score (nSPS) is 27.6. The number of carbonyl (C=O) groups is 2. The summed E-state index contributed by atoms with van der Waals surface area (Å²) in [5.41, 5.74) is 0.515. The maximum Gasteiger partial charge on any atom is 0.308 e. The van der Waals surface area contributed by atoms with Crippen LogP contribution in [0, 0.1) is 29.1 Å². The molecular formula is C25H42N2O4. The molecule has 1 N–H and O–H groups in total. The van der Waals surface area contributed by atoms with Crippen LogP contribution in [0.3, 0.4) is 0 Å². The van der Waals surface area contributed by atoms with Crippen molar-refractivity contribution >= 4 is 11.9 Å². The number of carbonyl (C=O) groups excluding carboxylic acids is 1. The second-order valence-electron chi connectivity index (χ2n) is 10.8. The summed E-state index contributed by atoms with van der Waals surface area (Å²) in [5, 5.41) is 9.74. The van der Waals surface area contributed by atoms with E-state index in [1.807, 2.05) is 4.90 Å². The largest absolute Gasteiger partial charge is 0.481 e. The van der Waals surface area contributed by atoms with Gasteiger partial charge in [-0.15, -0.1) is 0 Å². The number of piperidine rings is 1. The molecule has 3 rings (SSSR count). The van der Waals surface area contributed by atoms with Crippen LogP contribution in [-0.4, -0.2) is 72.7 Å². The van der Waals surface area contributed by atoms with Crippen LogP contribution in [0.4, 0.5) is 0 Å². The van der Waals surface area contributed by atoms with E-state index in [0.29, 0.717) is 36.9 Å². The molecule has 3 fully saturated rings. The molecule has 0 aromatic carbocycles. The summed E-state index contributed by atoms with van der Waals surface area (Å²) in [6, 6.07) is 0. The van der Waals surface area contributed by atoms with E-state index in [1.165, 1.54) is 32.1 Å². The average Bonchev–Trinajstić information content (AvgIpc) is 2.78. The Morgan fingerprint density at radius 3 is 2.35 bits per heavy atom. The van der Waals surface area contributed by atoms with Gasteiger partial charge in [0, 0.05) is 38.3 Å². The maximum atomic E-state index is 13.5. The van der Waals surface area contributed by atoms with E-state index in [-0.39, 0.29) is 17.2 Å². The first-order chi connectivity index (χ1) is 14.7. The van der Waals surface area contributed by atoms with Crippen LogP contribution >= 0.6 is 0 Å². The van der Waals surface area contributed by atoms with Gasteiger partial charge in [-0.2, -0.15) is 0 Å². The van der Waals surface area contributed by atoms with Crippen LogP contribution in [0.5, 0.6) is 0 Å². The Morgan fingerprint density at radius 1 is 1.10 bits per heavy atom. The van der Waals surface area contributed by atoms with E-state index in [2.05, 4.69) is 32.3 Å². The lowest BCUT2D eigenvalue weighted by atomic mass is 9.73. The lowest BCUT2D eigenvalue weighted by Crippen LogP contribution is -2.50. The molecule has 3 unspecified atom stereocenters. The van der Waals surface area contributed by atoms with Crippen molar-refractivity contribution in [2.75, 3.05) is 45.9 Å². The van der Waals surface area contributed by atoms with Gasteiger partial charge in [-0.3, -0.25) is 14.5 Å². The Hall–Kier alpha value is -1.40. The summed E-state index contributed by atoms with van der Waals surface area (Å²) in [6.45, 7) is 16.0. The Bertz CT molecular complexity index is 650. The van der Waals surface area contributed by atoms with Crippen LogP contribution < -0.4 is 0 Å². The van der Waals surface area contributed by atoms with E-state index in [9.17, 15) is 14.7 Å². The molecule has 0 aromatic rings. The molecule has 176 valence electrons. The first-order valence-corrected chi connectivity index (χ1v) is 12.2. The number of nitrogens with zero attached hydrogens (tertiary/aromatic N) is 2. The SMILES string of the molecule is C=C(C(=O)N1CC(C(=O)O)CC(C2CCCCC2)C1)C(C)C(C)(C)CN1CCOCC1. The molecule has 0 bridgehead atoms. The summed E-state index contributed by atoms with van der Waals surface area (Å²) in [7, 11) is 0. The van der Waals surface area contributed by atoms with Crippen molar-refractivity contribution in [1.82, 2.24) is 9.80 Å². The van der Waals surface area contributed by atoms with Crippen molar-refractivity contribution in [2.45, 2.75) is 59.3 Å². The van der Waals surface area contributed by atoms with Crippen LogP contribution in [-0.2, 0) is 14.3 Å². The predicted octanol–water partition coefficient (Wildman–Crippen LogP) is 3.67. The topological polar surface area (TPSA) is 70.1 Å². The number of carboxylic acids is 1. The Labute approximate surface area is 188 Å². The number of hydrogen-bond donors (Lipinski definition) is 1. The molecule has 3 aliphatic rings. The molecule has 31 heavy (non-hydrogen) atoms. The van der Waals surface area contributed by atoms with Crippen LogP contribution in [0.25, 0.3) is 0 Å². The van der Waals surface area contributed by atoms with Crippen molar-refractivity contribution in [3.8, 4) is 0 Å². The number of carboxylic acid groups (broad SMARTS) is 1. The lowest BCUT2D eigenvalue weighted by molar-refractivity contribution is -0.147. The molecule has 1 aliphatic carbocycles. The molecule has 0 spiro atoms. The Morgan fingerprint density at radius 2 is 1.74 bits per heavy atom. The van der Waals surface area contributed by atoms with E-state index >= 15 is 0 Å². The zero-order valence-corrected chi connectivity index (χ0v) is 19.8. The lowest BCUT2D eigenvalue weighted by Gasteiger charge is -2.43. The summed E-state index contributed by atoms with van der Waals surface area (Å²) in [5.74, 6) is -0.424. The fourth-order valence-corrected chi connectivity index (χ4v) is 5.76. The number of aliphatic carboxylic acids is 1. The number of amides is 1. The molecule has 2 heterocycles. The van der Waals surface area contributed by atoms with Crippen molar-refractivity contribution in [3.63, 3.8) is 0 Å². The number of rotatable bonds is 7. The molecule has 6 nitrogen and oxygen atoms in total. The third kappa shape index (κ3) is 6.10. The second-order valence-corrected chi connectivity index (χ2v) is 10.8. The highest BCUT2D eigenvalue weighted by Crippen LogP contribution is 2.38. The van der Waals surface area contributed by atoms with Gasteiger partial charge in [-0.1, -0.05) is 59.5 Å². The minimum absolute atomic E-state index is 0.0150. The van der Waals surface area contributed by atoms with Gasteiger partial charge >= 0.3 is 5.97 Å². The number of likely N-dealkylation sites (tertiary alicyclic amines) is 1. The van der Waals surface area contributed by atoms with Gasteiger partial charge < -0.3 is 14.7 Å². The van der Waals surface area contributed by atoms with Gasteiger partial charge in [-0.05, 0) is 29.6 Å². The van der Waals surface area contributed by atoms with Gasteiger partial charge in [0.15, 0.2) is 0 Å². The van der Waals surface area contributed by atoms with E-state index in [0.717, 1.165) is 32.8 Å². The maximum absolute atomic E-state index is 13.5. The number of ether oxygens (including phenoxy) is 1. The van der Waals surface area contributed by atoms with Crippen LogP contribution in [0.15, 0.2) is 12.2 Å². The van der Waals surface area contributed by atoms with Crippen molar-refractivity contribution < 1.29 is 19.4 Å². The average molecular weight is 435 g/mol. The summed E-state index contributed by atoms with van der Waals surface area (Å²) < 4.78 is 5.46. The van der Waals surface area contributed by atoms with Crippen molar-refractivity contribution in [1.29, 1.82) is 0 Å². The van der Waals surface area contributed by atoms with Crippen molar-refractivity contribution in [3.05, 3.63) is 12.2 Å². The van der Waals surface area contributed by atoms with Gasteiger partial charge in [0.1, 0.15) is 0 Å². The van der Waals surface area contributed by atoms with Crippen LogP contribution in [0.1, 0.15) is 59.3 Å². The third-order valence-electron chi connectivity index (χ3n) is 8.14. The Balaban J connectivity index is 1.66. The van der Waals surface area contributed by atoms with E-state index in [4.69, 9.17) is 4.74 Å². The van der Waals surface area contributed by atoms with E-state index in [1.54, 1.807) is 0 Å². The quantitative estimate of drug-likeness (QED) is 0.619. The number of hydrogen-bond acceptors (Lipinski definition) is 4. The zero-order chi connectivity index (χ0) is 22.6. The highest BCUT2D eigenvalue weighted by atomic mass is 16.5. The highest BCUT2D eigenvalue weighted by molar-refractivity contribution is 5.93. The van der Waals surface area contributed by atoms with Gasteiger partial charge in [0.05, 0.1) is 19.1 Å². The molecule has 2 saturated heterocycles. The zero-order valence-electron chi connectivity index (χ0n) is 19.8. The third-order valence-corrected chi connectivity index (χ3v) is 8.14. The van der Waals surface area contributed by atoms with Crippen LogP contribution in [0.2, 0.25) is 0 Å². The smallest absolute Gasteiger partial charge is 0.308 e.